The molecular weight excluding hydrogens is 605 g/mol. The molecule has 0 radical (unpaired) electrons. The molecule has 44 heavy (non-hydrogen) atoms. The van der Waals surface area contributed by atoms with Crippen LogP contribution in [-0.2, 0) is 9.59 Å². The molecule has 4 aromatic rings. The van der Waals surface area contributed by atoms with Crippen LogP contribution < -0.4 is 5.32 Å². The summed E-state index contributed by atoms with van der Waals surface area (Å²) in [6, 6.07) is 19.5. The number of rotatable bonds is 11. The highest BCUT2D eigenvalue weighted by Crippen LogP contribution is 2.31. The maximum Gasteiger partial charge on any atom is 0.490 e. The molecule has 0 spiro atoms. The molecule has 0 fully saturated rings. The van der Waals surface area contributed by atoms with Gasteiger partial charge >= 0.3 is 18.1 Å². The van der Waals surface area contributed by atoms with E-state index < -0.39 is 29.0 Å². The van der Waals surface area contributed by atoms with Gasteiger partial charge in [0.05, 0.1) is 21.1 Å². The zero-order chi connectivity index (χ0) is 32.6. The SMILES string of the molecule is CN(C)CCC(CC(=O)c1ccc(-c2ccc(Nc3nc4ccc([N+](=O)[O-])cc4s3)cc2)cc1)C(=O)O.O=C(O)C(F)(F)F. The quantitative estimate of drug-likeness (QED) is 0.0948. The lowest BCUT2D eigenvalue weighted by molar-refractivity contribution is -0.384. The van der Waals surface area contributed by atoms with Gasteiger partial charge in [0.1, 0.15) is 0 Å². The van der Waals surface area contributed by atoms with Crippen LogP contribution in [0.3, 0.4) is 0 Å². The topological polar surface area (TPSA) is 163 Å². The van der Waals surface area contributed by atoms with Gasteiger partial charge in [-0.05, 0) is 56.4 Å². The molecular formula is C29H27F3N4O7S. The first-order valence-electron chi connectivity index (χ1n) is 12.9. The summed E-state index contributed by atoms with van der Waals surface area (Å²) in [5.74, 6) is -4.60. The molecule has 11 nitrogen and oxygen atoms in total. The lowest BCUT2D eigenvalue weighted by Crippen LogP contribution is -2.23. The fraction of sp³-hybridized carbons (Fsp3) is 0.241. The third kappa shape index (κ3) is 9.57. The first-order chi connectivity index (χ1) is 20.6. The van der Waals surface area contributed by atoms with E-state index in [0.29, 0.717) is 29.2 Å². The molecule has 3 N–H and O–H groups in total. The molecule has 0 amide bonds. The number of nitro benzene ring substituents is 1. The summed E-state index contributed by atoms with van der Waals surface area (Å²) in [4.78, 5) is 50.1. The number of nitrogens with one attached hydrogen (secondary N) is 1. The van der Waals surface area contributed by atoms with Gasteiger partial charge in [-0.2, -0.15) is 13.2 Å². The van der Waals surface area contributed by atoms with Crippen LogP contribution in [0, 0.1) is 16.0 Å². The van der Waals surface area contributed by atoms with Crippen molar-refractivity contribution in [2.24, 2.45) is 5.92 Å². The second kappa shape index (κ2) is 14.5. The Balaban J connectivity index is 0.000000676. The largest absolute Gasteiger partial charge is 0.490 e. The van der Waals surface area contributed by atoms with Crippen molar-refractivity contribution in [1.82, 2.24) is 9.88 Å². The van der Waals surface area contributed by atoms with Crippen LogP contribution in [0.15, 0.2) is 66.7 Å². The zero-order valence-electron chi connectivity index (χ0n) is 23.4. The van der Waals surface area contributed by atoms with Crippen molar-refractivity contribution in [3.8, 4) is 11.1 Å². The lowest BCUT2D eigenvalue weighted by atomic mass is 9.94. The number of carboxylic acids is 2. The van der Waals surface area contributed by atoms with Crippen molar-refractivity contribution in [3.05, 3.63) is 82.4 Å². The minimum Gasteiger partial charge on any atom is -0.481 e. The maximum atomic E-state index is 12.7. The Bertz CT molecular complexity index is 1640. The number of anilines is 2. The maximum absolute atomic E-state index is 12.7. The van der Waals surface area contributed by atoms with Crippen molar-refractivity contribution < 1.29 is 42.7 Å². The number of nitro groups is 1. The molecule has 4 rings (SSSR count). The Morgan fingerprint density at radius 2 is 1.57 bits per heavy atom. The number of non-ortho nitro benzene ring substituents is 1. The van der Waals surface area contributed by atoms with Gasteiger partial charge in [-0.3, -0.25) is 19.7 Å². The van der Waals surface area contributed by atoms with Crippen molar-refractivity contribution >= 4 is 55.8 Å². The van der Waals surface area contributed by atoms with Crippen molar-refractivity contribution in [1.29, 1.82) is 0 Å². The van der Waals surface area contributed by atoms with Crippen LogP contribution in [0.5, 0.6) is 0 Å². The number of halogens is 3. The number of alkyl halides is 3. The average Bonchev–Trinajstić information content (AvgIpc) is 3.36. The number of benzene rings is 3. The van der Waals surface area contributed by atoms with Crippen LogP contribution >= 0.6 is 11.3 Å². The van der Waals surface area contributed by atoms with E-state index in [9.17, 15) is 38.0 Å². The van der Waals surface area contributed by atoms with E-state index in [0.717, 1.165) is 21.5 Å². The Hall–Kier alpha value is -4.89. The van der Waals surface area contributed by atoms with Crippen molar-refractivity contribution in [3.63, 3.8) is 0 Å². The van der Waals surface area contributed by atoms with Gasteiger partial charge in [0.15, 0.2) is 10.9 Å². The molecule has 3 aromatic carbocycles. The molecule has 1 unspecified atom stereocenters. The van der Waals surface area contributed by atoms with E-state index in [-0.39, 0.29) is 17.9 Å². The van der Waals surface area contributed by atoms with Gasteiger partial charge in [0.2, 0.25) is 0 Å². The van der Waals surface area contributed by atoms with Crippen LogP contribution in [0.4, 0.5) is 29.7 Å². The molecule has 0 aliphatic carbocycles. The molecule has 0 saturated heterocycles. The first kappa shape index (κ1) is 33.6. The number of nitrogens with zero attached hydrogens (tertiary/aromatic N) is 3. The molecule has 15 heteroatoms. The summed E-state index contributed by atoms with van der Waals surface area (Å²) in [6.45, 7) is 0.607. The van der Waals surface area contributed by atoms with E-state index in [1.54, 1.807) is 18.2 Å². The van der Waals surface area contributed by atoms with E-state index in [2.05, 4.69) is 10.3 Å². The number of hydrogen-bond acceptors (Lipinski definition) is 9. The standard InChI is InChI=1S/C27H26N4O5S.C2HF3O2/c1-30(2)14-13-20(26(33)34)15-24(32)19-5-3-17(4-6-19)18-7-9-21(10-8-18)28-27-29-23-12-11-22(31(35)36)16-25(23)37-27;3-2(4,5)1(6)7/h3-12,16,20H,13-15H2,1-2H3,(H,28,29)(H,33,34);(H,6,7). The molecule has 1 aromatic heterocycles. The van der Waals surface area contributed by atoms with Crippen molar-refractivity contribution in [2.75, 3.05) is 26.0 Å². The summed E-state index contributed by atoms with van der Waals surface area (Å²) < 4.78 is 32.5. The van der Waals surface area contributed by atoms with Crippen LogP contribution in [0.1, 0.15) is 23.2 Å². The smallest absolute Gasteiger partial charge is 0.481 e. The molecule has 1 heterocycles. The normalized spacial score (nSPS) is 11.9. The fourth-order valence-electron chi connectivity index (χ4n) is 3.87. The minimum atomic E-state index is -5.08. The monoisotopic (exact) mass is 632 g/mol. The number of aliphatic carboxylic acids is 2. The van der Waals surface area contributed by atoms with Crippen LogP contribution in [0.2, 0.25) is 0 Å². The van der Waals surface area contributed by atoms with Gasteiger partial charge in [-0.25, -0.2) is 9.78 Å². The Kier molecular flexibility index (Phi) is 11.1. The third-order valence-corrected chi connectivity index (χ3v) is 7.14. The molecule has 0 aliphatic heterocycles. The van der Waals surface area contributed by atoms with E-state index in [1.807, 2.05) is 55.4 Å². The number of thiazole rings is 1. The van der Waals surface area contributed by atoms with Gasteiger partial charge in [0, 0.05) is 29.8 Å². The predicted octanol–water partition coefficient (Wildman–Crippen LogP) is 6.47. The Labute approximate surface area is 252 Å². The minimum absolute atomic E-state index is 0.0258. The summed E-state index contributed by atoms with van der Waals surface area (Å²) in [5.41, 5.74) is 3.93. The summed E-state index contributed by atoms with van der Waals surface area (Å²) in [6.07, 6.45) is -4.69. The number of carboxylic acid groups (broad SMARTS) is 2. The second-order valence-electron chi connectivity index (χ2n) is 9.77. The zero-order valence-corrected chi connectivity index (χ0v) is 24.2. The van der Waals surface area contributed by atoms with E-state index in [4.69, 9.17) is 9.90 Å². The first-order valence-corrected chi connectivity index (χ1v) is 13.7. The fourth-order valence-corrected chi connectivity index (χ4v) is 4.79. The number of aromatic nitrogens is 1. The van der Waals surface area contributed by atoms with E-state index >= 15 is 0 Å². The molecule has 232 valence electrons. The molecule has 0 aliphatic rings. The highest BCUT2D eigenvalue weighted by atomic mass is 32.1. The molecule has 0 saturated carbocycles. The highest BCUT2D eigenvalue weighted by molar-refractivity contribution is 7.22. The Morgan fingerprint density at radius 3 is 2.07 bits per heavy atom. The number of Topliss-reactive ketones (excluding diaryl/α,β-unsaturated/α-hetero) is 1. The number of ketones is 1. The highest BCUT2D eigenvalue weighted by Gasteiger charge is 2.38. The second-order valence-corrected chi connectivity index (χ2v) is 10.8. The summed E-state index contributed by atoms with van der Waals surface area (Å²) in [7, 11) is 3.75. The number of hydrogen-bond donors (Lipinski definition) is 3. The van der Waals surface area contributed by atoms with Gasteiger partial charge in [-0.15, -0.1) is 0 Å². The number of fused-ring (bicyclic) bond motifs is 1. The molecule has 1 atom stereocenters. The van der Waals surface area contributed by atoms with Crippen LogP contribution in [-0.4, -0.2) is 69.6 Å². The van der Waals surface area contributed by atoms with Gasteiger partial charge in [0.25, 0.3) is 5.69 Å². The van der Waals surface area contributed by atoms with Crippen LogP contribution in [0.25, 0.3) is 21.3 Å². The van der Waals surface area contributed by atoms with E-state index in [1.165, 1.54) is 23.5 Å². The summed E-state index contributed by atoms with van der Waals surface area (Å²) >= 11 is 1.34. The summed E-state index contributed by atoms with van der Waals surface area (Å²) in [5, 5.41) is 31.4. The average molecular weight is 633 g/mol. The Morgan fingerprint density at radius 1 is 1.00 bits per heavy atom. The van der Waals surface area contributed by atoms with Gasteiger partial charge < -0.3 is 20.4 Å². The number of carbonyl (C=O) groups excluding carboxylic acids is 1. The van der Waals surface area contributed by atoms with Gasteiger partial charge in [-0.1, -0.05) is 47.7 Å². The van der Waals surface area contributed by atoms with Crippen molar-refractivity contribution in [2.45, 2.75) is 19.0 Å². The lowest BCUT2D eigenvalue weighted by Gasteiger charge is -2.15. The predicted molar refractivity (Wildman–Crippen MR) is 158 cm³/mol. The number of carbonyl (C=O) groups is 3. The third-order valence-electron chi connectivity index (χ3n) is 6.21. The molecule has 0 bridgehead atoms.